The first kappa shape index (κ1) is 12.9. The molecule has 0 aliphatic rings. The molecule has 0 aromatic heterocycles. The van der Waals surface area contributed by atoms with Crippen LogP contribution in [-0.2, 0) is 0 Å². The molecule has 2 N–H and O–H groups in total. The van der Waals surface area contributed by atoms with Crippen molar-refractivity contribution in [3.05, 3.63) is 41.7 Å². The number of phenolic OH excluding ortho intramolecular Hbond substituents is 2. The maximum atomic E-state index is 13.4. The van der Waals surface area contributed by atoms with E-state index < -0.39 is 17.3 Å². The number of rotatable bonds is 3. The van der Waals surface area contributed by atoms with Crippen molar-refractivity contribution in [2.45, 2.75) is 0 Å². The third kappa shape index (κ3) is 2.22. The summed E-state index contributed by atoms with van der Waals surface area (Å²) in [5.41, 5.74) is 1.06. The van der Waals surface area contributed by atoms with Gasteiger partial charge in [-0.15, -0.1) is 0 Å². The molecule has 0 heterocycles. The summed E-state index contributed by atoms with van der Waals surface area (Å²) in [4.78, 5) is 10.9. The zero-order valence-electron chi connectivity index (χ0n) is 10.1. The van der Waals surface area contributed by atoms with Gasteiger partial charge in [-0.2, -0.15) is 0 Å². The molecule has 0 atom stereocenters. The van der Waals surface area contributed by atoms with Crippen LogP contribution in [0.1, 0.15) is 10.4 Å². The summed E-state index contributed by atoms with van der Waals surface area (Å²) in [6.45, 7) is 0. The lowest BCUT2D eigenvalue weighted by molar-refractivity contribution is 0.112. The first-order valence-electron chi connectivity index (χ1n) is 5.42. The standard InChI is InChI=1S/C14H11FO4/c1-19-14-8(7-16)3-2-4-10(14)9-5-11(15)13(18)12(17)6-9/h2-7,17-18H,1H3. The molecule has 0 unspecified atom stereocenters. The molecule has 0 saturated carbocycles. The number of phenols is 2. The highest BCUT2D eigenvalue weighted by atomic mass is 19.1. The lowest BCUT2D eigenvalue weighted by atomic mass is 10.0. The quantitative estimate of drug-likeness (QED) is 0.659. The molecule has 0 amide bonds. The van der Waals surface area contributed by atoms with Gasteiger partial charge in [-0.05, 0) is 23.8 Å². The predicted octanol–water partition coefficient (Wildman–Crippen LogP) is 2.73. The van der Waals surface area contributed by atoms with Gasteiger partial charge >= 0.3 is 0 Å². The van der Waals surface area contributed by atoms with Crippen LogP contribution in [0.2, 0.25) is 0 Å². The van der Waals surface area contributed by atoms with Gasteiger partial charge in [-0.25, -0.2) is 4.39 Å². The number of methoxy groups -OCH3 is 1. The Morgan fingerprint density at radius 1 is 1.26 bits per heavy atom. The summed E-state index contributed by atoms with van der Waals surface area (Å²) in [7, 11) is 1.39. The van der Waals surface area contributed by atoms with Crippen molar-refractivity contribution in [3.8, 4) is 28.4 Å². The normalized spacial score (nSPS) is 10.2. The highest BCUT2D eigenvalue weighted by Crippen LogP contribution is 2.38. The summed E-state index contributed by atoms with van der Waals surface area (Å²) in [5.74, 6) is -2.06. The minimum Gasteiger partial charge on any atom is -0.504 e. The second kappa shape index (κ2) is 4.97. The smallest absolute Gasteiger partial charge is 0.194 e. The Bertz CT molecular complexity index is 614. The van der Waals surface area contributed by atoms with Gasteiger partial charge < -0.3 is 14.9 Å². The number of aldehydes is 1. The van der Waals surface area contributed by atoms with E-state index in [1.54, 1.807) is 18.2 Å². The van der Waals surface area contributed by atoms with E-state index in [-0.39, 0.29) is 5.75 Å². The molecule has 4 nitrogen and oxygen atoms in total. The summed E-state index contributed by atoms with van der Waals surface area (Å²) in [5, 5.41) is 18.6. The molecular formula is C14H11FO4. The Labute approximate surface area is 108 Å². The fraction of sp³-hybridized carbons (Fsp3) is 0.0714. The summed E-state index contributed by atoms with van der Waals surface area (Å²) < 4.78 is 18.6. The highest BCUT2D eigenvalue weighted by molar-refractivity contribution is 5.86. The van der Waals surface area contributed by atoms with Crippen LogP contribution in [0.4, 0.5) is 4.39 Å². The molecule has 0 aliphatic carbocycles. The van der Waals surface area contributed by atoms with Gasteiger partial charge in [0, 0.05) is 5.56 Å². The fourth-order valence-corrected chi connectivity index (χ4v) is 1.84. The van der Waals surface area contributed by atoms with Crippen LogP contribution >= 0.6 is 0 Å². The monoisotopic (exact) mass is 262 g/mol. The number of carbonyl (C=O) groups excluding carboxylic acids is 1. The van der Waals surface area contributed by atoms with Gasteiger partial charge in [0.2, 0.25) is 0 Å². The van der Waals surface area contributed by atoms with Gasteiger partial charge in [0.1, 0.15) is 5.75 Å². The van der Waals surface area contributed by atoms with Crippen molar-refractivity contribution in [1.29, 1.82) is 0 Å². The van der Waals surface area contributed by atoms with Gasteiger partial charge in [0.25, 0.3) is 0 Å². The SMILES string of the molecule is COc1c(C=O)cccc1-c1cc(O)c(O)c(F)c1. The summed E-state index contributed by atoms with van der Waals surface area (Å²) in [6.07, 6.45) is 0.624. The Morgan fingerprint density at radius 3 is 2.58 bits per heavy atom. The number of para-hydroxylation sites is 1. The molecule has 0 bridgehead atoms. The number of hydrogen-bond donors (Lipinski definition) is 2. The molecule has 0 spiro atoms. The second-order valence-electron chi connectivity index (χ2n) is 3.87. The van der Waals surface area contributed by atoms with Crippen LogP contribution in [0.3, 0.4) is 0 Å². The predicted molar refractivity (Wildman–Crippen MR) is 67.1 cm³/mol. The van der Waals surface area contributed by atoms with Crippen LogP contribution in [0.25, 0.3) is 11.1 Å². The van der Waals surface area contributed by atoms with Gasteiger partial charge in [0.05, 0.1) is 12.7 Å². The molecule has 2 aromatic carbocycles. The largest absolute Gasteiger partial charge is 0.504 e. The van der Waals surface area contributed by atoms with E-state index in [1.807, 2.05) is 0 Å². The number of carbonyl (C=O) groups is 1. The number of aromatic hydroxyl groups is 2. The second-order valence-corrected chi connectivity index (χ2v) is 3.87. The lowest BCUT2D eigenvalue weighted by Gasteiger charge is -2.11. The highest BCUT2D eigenvalue weighted by Gasteiger charge is 2.15. The molecular weight excluding hydrogens is 251 g/mol. The Balaban J connectivity index is 2.68. The fourth-order valence-electron chi connectivity index (χ4n) is 1.84. The van der Waals surface area contributed by atoms with Crippen molar-refractivity contribution in [2.24, 2.45) is 0 Å². The van der Waals surface area contributed by atoms with Crippen LogP contribution in [0.5, 0.6) is 17.2 Å². The van der Waals surface area contributed by atoms with Crippen molar-refractivity contribution in [3.63, 3.8) is 0 Å². The Kier molecular flexibility index (Phi) is 3.37. The van der Waals surface area contributed by atoms with E-state index in [1.165, 1.54) is 13.2 Å². The topological polar surface area (TPSA) is 66.8 Å². The van der Waals surface area contributed by atoms with E-state index in [9.17, 15) is 19.4 Å². The minimum absolute atomic E-state index is 0.280. The minimum atomic E-state index is -0.950. The van der Waals surface area contributed by atoms with Gasteiger partial charge in [-0.1, -0.05) is 12.1 Å². The van der Waals surface area contributed by atoms with Crippen molar-refractivity contribution in [2.75, 3.05) is 7.11 Å². The zero-order valence-corrected chi connectivity index (χ0v) is 10.1. The van der Waals surface area contributed by atoms with E-state index in [4.69, 9.17) is 4.74 Å². The Hall–Kier alpha value is -2.56. The molecule has 0 radical (unpaired) electrons. The van der Waals surface area contributed by atoms with Crippen molar-refractivity contribution in [1.82, 2.24) is 0 Å². The molecule has 19 heavy (non-hydrogen) atoms. The van der Waals surface area contributed by atoms with E-state index in [0.29, 0.717) is 23.0 Å². The van der Waals surface area contributed by atoms with Crippen molar-refractivity contribution < 1.29 is 24.1 Å². The third-order valence-corrected chi connectivity index (χ3v) is 2.73. The van der Waals surface area contributed by atoms with Crippen LogP contribution in [-0.4, -0.2) is 23.6 Å². The third-order valence-electron chi connectivity index (χ3n) is 2.73. The molecule has 0 saturated heterocycles. The Morgan fingerprint density at radius 2 is 2.00 bits per heavy atom. The summed E-state index contributed by atoms with van der Waals surface area (Å²) in [6, 6.07) is 7.05. The molecule has 0 aliphatic heterocycles. The van der Waals surface area contributed by atoms with E-state index >= 15 is 0 Å². The lowest BCUT2D eigenvalue weighted by Crippen LogP contribution is -1.94. The average molecular weight is 262 g/mol. The first-order valence-corrected chi connectivity index (χ1v) is 5.42. The molecule has 0 fully saturated rings. The maximum absolute atomic E-state index is 13.4. The number of ether oxygens (including phenoxy) is 1. The van der Waals surface area contributed by atoms with Crippen molar-refractivity contribution >= 4 is 6.29 Å². The molecule has 2 aromatic rings. The van der Waals surface area contributed by atoms with Crippen LogP contribution in [0.15, 0.2) is 30.3 Å². The van der Waals surface area contributed by atoms with Crippen LogP contribution in [0, 0.1) is 5.82 Å². The first-order chi connectivity index (χ1) is 9.08. The number of halogens is 1. The maximum Gasteiger partial charge on any atom is 0.194 e. The van der Waals surface area contributed by atoms with Gasteiger partial charge in [0.15, 0.2) is 23.6 Å². The van der Waals surface area contributed by atoms with E-state index in [0.717, 1.165) is 6.07 Å². The molecule has 2 rings (SSSR count). The van der Waals surface area contributed by atoms with E-state index in [2.05, 4.69) is 0 Å². The van der Waals surface area contributed by atoms with Gasteiger partial charge in [-0.3, -0.25) is 4.79 Å². The summed E-state index contributed by atoms with van der Waals surface area (Å²) >= 11 is 0. The zero-order chi connectivity index (χ0) is 14.0. The number of benzene rings is 2. The number of hydrogen-bond acceptors (Lipinski definition) is 4. The molecule has 98 valence electrons. The average Bonchev–Trinajstić information content (AvgIpc) is 2.43. The molecule has 5 heteroatoms. The van der Waals surface area contributed by atoms with Crippen LogP contribution < -0.4 is 4.74 Å².